The van der Waals surface area contributed by atoms with Gasteiger partial charge in [-0.2, -0.15) is 9.15 Å². The van der Waals surface area contributed by atoms with Crippen LogP contribution in [-0.4, -0.2) is 20.2 Å². The van der Waals surface area contributed by atoms with E-state index < -0.39 is 0 Å². The lowest BCUT2D eigenvalue weighted by atomic mass is 10.00. The van der Waals surface area contributed by atoms with Crippen LogP contribution in [0.15, 0.2) is 48.5 Å². The monoisotopic (exact) mass is 413 g/mol. The Morgan fingerprint density at radius 2 is 1.55 bits per heavy atom. The molecule has 3 aromatic carbocycles. The molecule has 0 fully saturated rings. The van der Waals surface area contributed by atoms with Gasteiger partial charge in [0.25, 0.3) is 16.8 Å². The van der Waals surface area contributed by atoms with Crippen molar-refractivity contribution >= 4 is 17.1 Å². The molecule has 0 saturated carbocycles. The molecule has 3 aromatic rings. The zero-order valence-electron chi connectivity index (χ0n) is 18.7. The molecule has 0 atom stereocenters. The first kappa shape index (κ1) is 19.8. The summed E-state index contributed by atoms with van der Waals surface area (Å²) in [4.78, 5) is 0. The normalized spacial score (nSPS) is 13.1. The highest BCUT2D eigenvalue weighted by molar-refractivity contribution is 5.91. The third kappa shape index (κ3) is 2.81. The fourth-order valence-corrected chi connectivity index (χ4v) is 5.15. The maximum Gasteiger partial charge on any atom is 0.265 e. The predicted octanol–water partition coefficient (Wildman–Crippen LogP) is 4.10. The summed E-state index contributed by atoms with van der Waals surface area (Å²) in [6, 6.07) is 17.2. The van der Waals surface area contributed by atoms with Gasteiger partial charge in [-0.1, -0.05) is 51.0 Å². The van der Waals surface area contributed by atoms with Crippen molar-refractivity contribution < 1.29 is 4.74 Å². The number of hydrogen-bond acceptors (Lipinski definition) is 2. The van der Waals surface area contributed by atoms with Gasteiger partial charge in [0.1, 0.15) is 13.1 Å². The van der Waals surface area contributed by atoms with Gasteiger partial charge < -0.3 is 10.5 Å². The number of nitrogens with zero attached hydrogens (tertiary/aromatic N) is 2. The number of benzene rings is 3. The van der Waals surface area contributed by atoms with E-state index in [4.69, 9.17) is 10.5 Å². The van der Waals surface area contributed by atoms with E-state index in [9.17, 15) is 0 Å². The first-order valence-electron chi connectivity index (χ1n) is 11.5. The lowest BCUT2D eigenvalue weighted by Gasteiger charge is -2.08. The Bertz CT molecular complexity index is 1410. The van der Waals surface area contributed by atoms with Crippen molar-refractivity contribution in [3.8, 4) is 16.9 Å². The fourth-order valence-electron chi connectivity index (χ4n) is 5.15. The minimum atomic E-state index is 0.865. The average molecular weight is 414 g/mol. The minimum Gasteiger partial charge on any atom is -0.486 e. The fraction of sp³-hybridized carbons (Fsp3) is 0.333. The van der Waals surface area contributed by atoms with Gasteiger partial charge in [0.15, 0.2) is 0 Å². The topological polar surface area (TPSA) is 41.3 Å². The number of nitrogens with two attached hydrogens (primary N) is 1. The Morgan fingerprint density at radius 1 is 0.871 bits per heavy atom. The summed E-state index contributed by atoms with van der Waals surface area (Å²) in [5.41, 5.74) is 12.6. The molecule has 31 heavy (non-hydrogen) atoms. The number of fused-ring (bicyclic) bond motifs is 5. The van der Waals surface area contributed by atoms with E-state index in [1.807, 2.05) is 0 Å². The van der Waals surface area contributed by atoms with Gasteiger partial charge in [0, 0.05) is 25.0 Å². The van der Waals surface area contributed by atoms with Crippen LogP contribution in [0.1, 0.15) is 39.5 Å². The molecule has 2 heterocycles. The molecule has 0 amide bonds. The van der Waals surface area contributed by atoms with Gasteiger partial charge in [-0.15, -0.1) is 0 Å². The van der Waals surface area contributed by atoms with E-state index >= 15 is 0 Å². The predicted molar refractivity (Wildman–Crippen MR) is 128 cm³/mol. The lowest BCUT2D eigenvalue weighted by Crippen LogP contribution is -2.29. The van der Waals surface area contributed by atoms with Gasteiger partial charge in [0.05, 0.1) is 34.4 Å². The quantitative estimate of drug-likeness (QED) is 0.468. The van der Waals surface area contributed by atoms with Crippen LogP contribution in [0.25, 0.3) is 11.1 Å². The molecule has 158 valence electrons. The van der Waals surface area contributed by atoms with Crippen LogP contribution < -0.4 is 30.3 Å². The molecule has 0 aliphatic carbocycles. The summed E-state index contributed by atoms with van der Waals surface area (Å²) in [6.45, 7) is 6.38. The summed E-state index contributed by atoms with van der Waals surface area (Å²) in [7, 11) is 1.80. The van der Waals surface area contributed by atoms with Crippen LogP contribution >= 0.6 is 0 Å². The number of para-hydroxylation sites is 2. The molecule has 0 radical (unpaired) electrons. The van der Waals surface area contributed by atoms with E-state index in [2.05, 4.69) is 71.5 Å². The van der Waals surface area contributed by atoms with Gasteiger partial charge in [-0.05, 0) is 12.1 Å². The van der Waals surface area contributed by atoms with Crippen LogP contribution in [0.5, 0.6) is 5.75 Å². The number of hydrogen-bond donors (Lipinski definition) is 1. The van der Waals surface area contributed by atoms with Crippen molar-refractivity contribution in [3.05, 3.63) is 69.7 Å². The standard InChI is InChI=1S/C27H30N3O/c1-4-6-16-29-20-14-10-8-12-18(20)22-24(28)23-19-13-9-11-15-21(19)30(17-7-5-2)26(23)27(31-3)25(22)29/h8-15,28H,4-7,16-17H2,1-3H3/q+1/p+1. The third-order valence-electron chi connectivity index (χ3n) is 6.59. The molecule has 5 rings (SSSR count). The van der Waals surface area contributed by atoms with E-state index in [1.165, 1.54) is 21.8 Å². The Hall–Kier alpha value is -3.14. The molecule has 4 nitrogen and oxygen atoms in total. The van der Waals surface area contributed by atoms with E-state index in [-0.39, 0.29) is 0 Å². The minimum absolute atomic E-state index is 0.865. The molecule has 2 aliphatic rings. The average Bonchev–Trinajstić information content (AvgIpc) is 3.30. The maximum absolute atomic E-state index is 7.01. The maximum atomic E-state index is 7.01. The Kier molecular flexibility index (Phi) is 5.01. The Labute approximate surface area is 183 Å². The highest BCUT2D eigenvalue weighted by atomic mass is 16.5. The van der Waals surface area contributed by atoms with Crippen molar-refractivity contribution in [3.63, 3.8) is 0 Å². The molecular formula is C27H31N3O+2. The highest BCUT2D eigenvalue weighted by Crippen LogP contribution is 2.41. The van der Waals surface area contributed by atoms with Crippen LogP contribution in [0, 0.1) is 10.4 Å². The van der Waals surface area contributed by atoms with Crippen LogP contribution in [0.2, 0.25) is 0 Å². The molecule has 0 spiro atoms. The second-order valence-electron chi connectivity index (χ2n) is 8.44. The highest BCUT2D eigenvalue weighted by Gasteiger charge is 2.39. The van der Waals surface area contributed by atoms with Crippen molar-refractivity contribution in [1.29, 1.82) is 0 Å². The summed E-state index contributed by atoms with van der Waals surface area (Å²) >= 11 is 0. The molecule has 2 aliphatic heterocycles. The SMILES string of the molecule is CCCC[N+]1=c2c(OC)c3c(c(N)c2-c2ccccc21)=c1ccccc1=[N+]3CCCC. The summed E-state index contributed by atoms with van der Waals surface area (Å²) in [5, 5.41) is 4.68. The Balaban J connectivity index is 1.98. The summed E-state index contributed by atoms with van der Waals surface area (Å²) < 4.78 is 11.0. The first-order chi connectivity index (χ1) is 15.2. The summed E-state index contributed by atoms with van der Waals surface area (Å²) in [5.74, 6) is 0.943. The second kappa shape index (κ2) is 7.84. The zero-order valence-corrected chi connectivity index (χ0v) is 18.7. The molecule has 0 aromatic heterocycles. The number of ether oxygens (including phenoxy) is 1. The van der Waals surface area contributed by atoms with Gasteiger partial charge in [0.2, 0.25) is 11.0 Å². The van der Waals surface area contributed by atoms with E-state index in [0.29, 0.717) is 0 Å². The smallest absolute Gasteiger partial charge is 0.265 e. The van der Waals surface area contributed by atoms with Crippen molar-refractivity contribution in [2.24, 2.45) is 0 Å². The molecule has 0 bridgehead atoms. The molecular weight excluding hydrogens is 382 g/mol. The Morgan fingerprint density at radius 3 is 2.29 bits per heavy atom. The molecule has 2 N–H and O–H groups in total. The number of nitrogen functional groups attached to an aromatic ring is 1. The number of rotatable bonds is 7. The van der Waals surface area contributed by atoms with Gasteiger partial charge >= 0.3 is 0 Å². The van der Waals surface area contributed by atoms with Crippen molar-refractivity contribution in [2.75, 3.05) is 25.9 Å². The van der Waals surface area contributed by atoms with E-state index in [1.54, 1.807) is 7.11 Å². The first-order valence-corrected chi connectivity index (χ1v) is 11.5. The molecule has 0 unspecified atom stereocenters. The van der Waals surface area contributed by atoms with Crippen molar-refractivity contribution in [2.45, 2.75) is 39.5 Å². The van der Waals surface area contributed by atoms with Crippen LogP contribution in [0.4, 0.5) is 17.1 Å². The van der Waals surface area contributed by atoms with Crippen LogP contribution in [0.3, 0.4) is 0 Å². The number of anilines is 1. The molecule has 4 heteroatoms. The number of unbranched alkanes of at least 4 members (excludes halogenated alkanes) is 2. The molecule has 0 saturated heterocycles. The third-order valence-corrected chi connectivity index (χ3v) is 6.59. The van der Waals surface area contributed by atoms with Crippen LogP contribution in [-0.2, 0) is 0 Å². The van der Waals surface area contributed by atoms with E-state index in [0.717, 1.165) is 72.0 Å². The largest absolute Gasteiger partial charge is 0.486 e. The summed E-state index contributed by atoms with van der Waals surface area (Å²) in [6.07, 6.45) is 4.52. The zero-order chi connectivity index (χ0) is 21.5. The number of methoxy groups -OCH3 is 1. The van der Waals surface area contributed by atoms with Crippen molar-refractivity contribution in [1.82, 2.24) is 9.15 Å². The van der Waals surface area contributed by atoms with Gasteiger partial charge in [-0.3, -0.25) is 0 Å². The lowest BCUT2D eigenvalue weighted by molar-refractivity contribution is 0.402. The second-order valence-corrected chi connectivity index (χ2v) is 8.44. The van der Waals surface area contributed by atoms with Gasteiger partial charge in [-0.25, -0.2) is 0 Å².